The standard InChI is InChI=1S/C20H21N5O3.ClH/c1-27-17-8-6-16(7-9-17)25-22-12-18(24-25)20(26)23-15-4-2-14(3-5-15)19-13-21-10-11-28-19;/h2-9,12,19,21H,10-11,13H2,1H3,(H,23,26);1H. The molecule has 152 valence electrons. The molecule has 1 aliphatic heterocycles. The summed E-state index contributed by atoms with van der Waals surface area (Å²) in [6.45, 7) is 2.37. The third-order valence-corrected chi connectivity index (χ3v) is 4.50. The van der Waals surface area contributed by atoms with Gasteiger partial charge < -0.3 is 20.1 Å². The van der Waals surface area contributed by atoms with Crippen molar-refractivity contribution in [3.8, 4) is 11.4 Å². The number of benzene rings is 2. The number of nitrogens with one attached hydrogen (secondary N) is 2. The summed E-state index contributed by atoms with van der Waals surface area (Å²) in [4.78, 5) is 13.9. The smallest absolute Gasteiger partial charge is 0.277 e. The first kappa shape index (κ1) is 20.8. The fraction of sp³-hybridized carbons (Fsp3) is 0.250. The molecule has 0 aliphatic carbocycles. The molecular formula is C20H22ClN5O3. The van der Waals surface area contributed by atoms with Gasteiger partial charge in [0.25, 0.3) is 5.91 Å². The number of carbonyl (C=O) groups is 1. The fourth-order valence-corrected chi connectivity index (χ4v) is 2.96. The zero-order valence-corrected chi connectivity index (χ0v) is 16.7. The molecule has 0 radical (unpaired) electrons. The molecule has 1 aliphatic rings. The lowest BCUT2D eigenvalue weighted by Crippen LogP contribution is -2.33. The van der Waals surface area contributed by atoms with Gasteiger partial charge in [0, 0.05) is 18.8 Å². The van der Waals surface area contributed by atoms with Gasteiger partial charge in [0.05, 0.1) is 31.7 Å². The molecule has 8 nitrogen and oxygen atoms in total. The summed E-state index contributed by atoms with van der Waals surface area (Å²) < 4.78 is 10.9. The van der Waals surface area contributed by atoms with Crippen molar-refractivity contribution in [3.63, 3.8) is 0 Å². The Bertz CT molecular complexity index is 938. The summed E-state index contributed by atoms with van der Waals surface area (Å²) in [6.07, 6.45) is 1.48. The number of halogens is 1. The summed E-state index contributed by atoms with van der Waals surface area (Å²) in [7, 11) is 1.61. The highest BCUT2D eigenvalue weighted by Crippen LogP contribution is 2.21. The summed E-state index contributed by atoms with van der Waals surface area (Å²) >= 11 is 0. The van der Waals surface area contributed by atoms with Crippen LogP contribution in [0.4, 0.5) is 5.69 Å². The molecule has 2 N–H and O–H groups in total. The van der Waals surface area contributed by atoms with Crippen LogP contribution in [-0.4, -0.2) is 47.7 Å². The first-order chi connectivity index (χ1) is 13.7. The lowest BCUT2D eigenvalue weighted by Gasteiger charge is -2.24. The van der Waals surface area contributed by atoms with E-state index in [1.807, 2.05) is 48.5 Å². The van der Waals surface area contributed by atoms with E-state index < -0.39 is 0 Å². The third kappa shape index (κ3) is 4.92. The molecule has 4 rings (SSSR count). The van der Waals surface area contributed by atoms with Crippen LogP contribution in [-0.2, 0) is 4.74 Å². The minimum Gasteiger partial charge on any atom is -0.497 e. The molecule has 2 heterocycles. The summed E-state index contributed by atoms with van der Waals surface area (Å²) in [5, 5.41) is 14.6. The van der Waals surface area contributed by atoms with E-state index in [-0.39, 0.29) is 30.1 Å². The Hall–Kier alpha value is -2.94. The Balaban J connectivity index is 0.00000240. The summed E-state index contributed by atoms with van der Waals surface area (Å²) in [6, 6.07) is 14.9. The molecule has 1 saturated heterocycles. The Morgan fingerprint density at radius 1 is 1.21 bits per heavy atom. The van der Waals surface area contributed by atoms with E-state index in [9.17, 15) is 4.79 Å². The van der Waals surface area contributed by atoms with Gasteiger partial charge in [-0.15, -0.1) is 17.5 Å². The maximum Gasteiger partial charge on any atom is 0.277 e. The summed E-state index contributed by atoms with van der Waals surface area (Å²) in [5.74, 6) is 0.426. The van der Waals surface area contributed by atoms with Crippen molar-refractivity contribution < 1.29 is 14.3 Å². The van der Waals surface area contributed by atoms with E-state index in [1.54, 1.807) is 7.11 Å². The monoisotopic (exact) mass is 415 g/mol. The molecule has 1 unspecified atom stereocenters. The third-order valence-electron chi connectivity index (χ3n) is 4.50. The number of hydrogen-bond donors (Lipinski definition) is 2. The normalized spacial score (nSPS) is 16.0. The van der Waals surface area contributed by atoms with Gasteiger partial charge in [0.1, 0.15) is 5.75 Å². The van der Waals surface area contributed by atoms with Crippen LogP contribution in [0.1, 0.15) is 22.2 Å². The Labute approximate surface area is 174 Å². The van der Waals surface area contributed by atoms with Crippen molar-refractivity contribution >= 4 is 24.0 Å². The second-order valence-electron chi connectivity index (χ2n) is 6.36. The van der Waals surface area contributed by atoms with Crippen molar-refractivity contribution in [2.24, 2.45) is 0 Å². The van der Waals surface area contributed by atoms with Crippen molar-refractivity contribution in [1.29, 1.82) is 0 Å². The van der Waals surface area contributed by atoms with Crippen molar-refractivity contribution in [3.05, 3.63) is 66.0 Å². The van der Waals surface area contributed by atoms with Crippen LogP contribution >= 0.6 is 12.4 Å². The van der Waals surface area contributed by atoms with Crippen LogP contribution in [0.25, 0.3) is 5.69 Å². The minimum atomic E-state index is -0.317. The van der Waals surface area contributed by atoms with Gasteiger partial charge in [0.15, 0.2) is 5.69 Å². The van der Waals surface area contributed by atoms with Crippen LogP contribution in [0, 0.1) is 0 Å². The molecule has 0 saturated carbocycles. The van der Waals surface area contributed by atoms with E-state index in [0.29, 0.717) is 12.3 Å². The number of morpholine rings is 1. The number of ether oxygens (including phenoxy) is 2. The van der Waals surface area contributed by atoms with E-state index in [1.165, 1.54) is 11.0 Å². The quantitative estimate of drug-likeness (QED) is 0.665. The first-order valence-electron chi connectivity index (χ1n) is 9.03. The van der Waals surface area contributed by atoms with E-state index in [0.717, 1.165) is 30.1 Å². The predicted molar refractivity (Wildman–Crippen MR) is 111 cm³/mol. The molecule has 2 aromatic carbocycles. The second kappa shape index (κ2) is 9.51. The average Bonchev–Trinajstić information content (AvgIpc) is 3.25. The summed E-state index contributed by atoms with van der Waals surface area (Å²) in [5.41, 5.74) is 2.75. The lowest BCUT2D eigenvalue weighted by atomic mass is 10.1. The maximum atomic E-state index is 12.5. The average molecular weight is 416 g/mol. The molecule has 9 heteroatoms. The predicted octanol–water partition coefficient (Wildman–Crippen LogP) is 2.61. The number of nitrogens with zero attached hydrogens (tertiary/aromatic N) is 3. The number of aromatic nitrogens is 3. The zero-order chi connectivity index (χ0) is 19.3. The Kier molecular flexibility index (Phi) is 6.82. The van der Waals surface area contributed by atoms with Crippen LogP contribution in [0.5, 0.6) is 5.75 Å². The number of carbonyl (C=O) groups excluding carboxylic acids is 1. The molecule has 0 spiro atoms. The van der Waals surface area contributed by atoms with Gasteiger partial charge in [-0.3, -0.25) is 4.79 Å². The highest BCUT2D eigenvalue weighted by Gasteiger charge is 2.16. The Morgan fingerprint density at radius 3 is 2.62 bits per heavy atom. The fourth-order valence-electron chi connectivity index (χ4n) is 2.96. The van der Waals surface area contributed by atoms with Crippen LogP contribution < -0.4 is 15.4 Å². The molecule has 1 fully saturated rings. The van der Waals surface area contributed by atoms with Gasteiger partial charge in [-0.05, 0) is 42.0 Å². The van der Waals surface area contributed by atoms with Crippen LogP contribution in [0.2, 0.25) is 0 Å². The highest BCUT2D eigenvalue weighted by molar-refractivity contribution is 6.02. The highest BCUT2D eigenvalue weighted by atomic mass is 35.5. The van der Waals surface area contributed by atoms with Crippen molar-refractivity contribution in [2.45, 2.75) is 6.10 Å². The van der Waals surface area contributed by atoms with Crippen LogP contribution in [0.3, 0.4) is 0 Å². The van der Waals surface area contributed by atoms with Crippen LogP contribution in [0.15, 0.2) is 54.7 Å². The SMILES string of the molecule is COc1ccc(-n2ncc(C(=O)Nc3ccc(C4CNCCO4)cc3)n2)cc1.Cl. The van der Waals surface area contributed by atoms with Gasteiger partial charge in [0.2, 0.25) is 0 Å². The zero-order valence-electron chi connectivity index (χ0n) is 15.9. The molecule has 3 aromatic rings. The van der Waals surface area contributed by atoms with Crippen molar-refractivity contribution in [2.75, 3.05) is 32.1 Å². The lowest BCUT2D eigenvalue weighted by molar-refractivity contribution is 0.0277. The number of rotatable bonds is 5. The van der Waals surface area contributed by atoms with E-state index in [4.69, 9.17) is 9.47 Å². The topological polar surface area (TPSA) is 90.3 Å². The minimum absolute atomic E-state index is 0. The van der Waals surface area contributed by atoms with Gasteiger partial charge in [-0.25, -0.2) is 0 Å². The second-order valence-corrected chi connectivity index (χ2v) is 6.36. The van der Waals surface area contributed by atoms with Gasteiger partial charge in [-0.1, -0.05) is 12.1 Å². The van der Waals surface area contributed by atoms with E-state index >= 15 is 0 Å². The molecule has 1 atom stereocenters. The largest absolute Gasteiger partial charge is 0.497 e. The van der Waals surface area contributed by atoms with Gasteiger partial charge in [-0.2, -0.15) is 9.90 Å². The molecular weight excluding hydrogens is 394 g/mol. The molecule has 0 bridgehead atoms. The number of hydrogen-bond acceptors (Lipinski definition) is 6. The number of anilines is 1. The molecule has 1 amide bonds. The van der Waals surface area contributed by atoms with Gasteiger partial charge >= 0.3 is 0 Å². The van der Waals surface area contributed by atoms with E-state index in [2.05, 4.69) is 20.8 Å². The maximum absolute atomic E-state index is 12.5. The first-order valence-corrected chi connectivity index (χ1v) is 9.03. The number of amides is 1. The Morgan fingerprint density at radius 2 is 1.97 bits per heavy atom. The number of methoxy groups -OCH3 is 1. The molecule has 29 heavy (non-hydrogen) atoms. The molecule has 1 aromatic heterocycles. The van der Waals surface area contributed by atoms with Crippen molar-refractivity contribution in [1.82, 2.24) is 20.3 Å².